The number of benzene rings is 4. The van der Waals surface area contributed by atoms with E-state index in [4.69, 9.17) is 69.6 Å². The van der Waals surface area contributed by atoms with Gasteiger partial charge in [0.15, 0.2) is 0 Å². The summed E-state index contributed by atoms with van der Waals surface area (Å²) in [5.74, 6) is 0. The fraction of sp³-hybridized carbons (Fsp3) is 0.326. The predicted octanol–water partition coefficient (Wildman–Crippen LogP) is 14.3. The van der Waals surface area contributed by atoms with Gasteiger partial charge in [0.2, 0.25) is 0 Å². The minimum Gasteiger partial charge on any atom is -0.147 e. The van der Waals surface area contributed by atoms with Crippen molar-refractivity contribution >= 4 is 101 Å². The van der Waals surface area contributed by atoms with Crippen molar-refractivity contribution < 1.29 is 21.3 Å². The molecule has 6 rings (SSSR count). The smallest absolute Gasteiger partial charge is 0.147 e. The van der Waals surface area contributed by atoms with Crippen LogP contribution in [-0.4, -0.2) is 3.21 Å². The summed E-state index contributed by atoms with van der Waals surface area (Å²) in [7, 11) is 0. The predicted molar refractivity (Wildman–Crippen MR) is 232 cm³/mol. The van der Waals surface area contributed by atoms with Crippen molar-refractivity contribution in [1.82, 2.24) is 0 Å². The Hall–Kier alpha value is -0.567. The van der Waals surface area contributed by atoms with Crippen LogP contribution in [0.3, 0.4) is 0 Å². The van der Waals surface area contributed by atoms with Crippen LogP contribution in [0.1, 0.15) is 104 Å². The van der Waals surface area contributed by atoms with Crippen LogP contribution in [-0.2, 0) is 46.1 Å². The standard InChI is InChI=1S/C23H29.C15H8Cl6.C5H5.2ClH.Zr/c1-14-9-16-11-17-10-15(2)21(23(6,7)8)13-19(17)18(16)12-20(14)22(3,4)5;16-14(17,18)12-5-1-3-10(8-12)7-11-4-2-6-13(9-11)15(19,20)21;1-2-4-5-3-1;;;/h9,12-13H,11H2,1-8H3;1-6,8-9H;1-3H,4H2;2*1H;. The van der Waals surface area contributed by atoms with E-state index in [1.54, 1.807) is 0 Å². The molecule has 0 spiro atoms. The molecule has 2 aliphatic carbocycles. The van der Waals surface area contributed by atoms with E-state index in [-0.39, 0.29) is 35.6 Å². The molecule has 0 aromatic heterocycles. The van der Waals surface area contributed by atoms with Gasteiger partial charge in [-0.15, -0.1) is 24.8 Å². The SMILES string of the molecule is Cc1cc2c(cc1C(C)(C)C)-c1cc(C(C)(C)C)c(C)[c]([Zr]([C]3=CC=CC3)=[C](c3cccc(C(Cl)(Cl)Cl)c3)c3cccc(C(Cl)(Cl)Cl)c3)c1C2.Cl.Cl. The first-order valence-corrected chi connectivity index (χ1v) is 22.9. The number of aryl methyl sites for hydroxylation is 1. The van der Waals surface area contributed by atoms with Crippen molar-refractivity contribution in [2.24, 2.45) is 0 Å². The van der Waals surface area contributed by atoms with E-state index >= 15 is 0 Å². The van der Waals surface area contributed by atoms with E-state index in [2.05, 4.69) is 104 Å². The monoisotopic (exact) mass is 930 g/mol. The molecule has 0 saturated heterocycles. The molecule has 2 aliphatic rings. The maximum Gasteiger partial charge on any atom is -0.147 e. The summed E-state index contributed by atoms with van der Waals surface area (Å²) in [6, 6.07) is 23.5. The molecule has 0 radical (unpaired) electrons. The van der Waals surface area contributed by atoms with Crippen LogP contribution in [0.5, 0.6) is 0 Å². The minimum atomic E-state index is -3.17. The largest absolute Gasteiger partial charge is 0.147 e. The zero-order chi connectivity index (χ0) is 36.6. The topological polar surface area (TPSA) is 0 Å². The van der Waals surface area contributed by atoms with Gasteiger partial charge in [0, 0.05) is 0 Å². The van der Waals surface area contributed by atoms with Crippen LogP contribution in [0.15, 0.2) is 88.2 Å². The number of alkyl halides is 6. The number of hydrogen-bond acceptors (Lipinski definition) is 0. The fourth-order valence-corrected chi connectivity index (χ4v) is 16.8. The summed E-state index contributed by atoms with van der Waals surface area (Å²) in [6.45, 7) is 18.5. The number of halogens is 8. The number of rotatable bonds is 4. The Labute approximate surface area is 360 Å². The van der Waals surface area contributed by atoms with Gasteiger partial charge < -0.3 is 0 Å². The molecule has 52 heavy (non-hydrogen) atoms. The second kappa shape index (κ2) is 16.1. The second-order valence-electron chi connectivity index (χ2n) is 15.7. The summed E-state index contributed by atoms with van der Waals surface area (Å²) < 4.78 is 1.12. The molecule has 0 aliphatic heterocycles. The summed E-state index contributed by atoms with van der Waals surface area (Å²) in [6.07, 6.45) is 8.64. The third kappa shape index (κ3) is 8.86. The van der Waals surface area contributed by atoms with Crippen molar-refractivity contribution in [1.29, 1.82) is 0 Å². The molecule has 0 heterocycles. The fourth-order valence-electron chi connectivity index (χ4n) is 7.78. The first-order valence-electron chi connectivity index (χ1n) is 16.9. The molecule has 4 aromatic carbocycles. The third-order valence-electron chi connectivity index (χ3n) is 9.97. The number of fused-ring (bicyclic) bond motifs is 3. The van der Waals surface area contributed by atoms with Gasteiger partial charge >= 0.3 is 339 Å². The Morgan fingerprint density at radius 2 is 1.17 bits per heavy atom. The molecular formula is C43H44Cl8Zr. The van der Waals surface area contributed by atoms with E-state index < -0.39 is 28.9 Å². The molecule has 0 fully saturated rings. The first kappa shape index (κ1) is 44.2. The second-order valence-corrected chi connectivity index (χ2v) is 26.1. The van der Waals surface area contributed by atoms with Crippen LogP contribution in [0.25, 0.3) is 11.1 Å². The Morgan fingerprint density at radius 1 is 0.654 bits per heavy atom. The molecule has 276 valence electrons. The zero-order valence-electron chi connectivity index (χ0n) is 30.6. The van der Waals surface area contributed by atoms with E-state index in [1.165, 1.54) is 54.3 Å². The van der Waals surface area contributed by atoms with Crippen LogP contribution in [0.4, 0.5) is 0 Å². The molecule has 0 bridgehead atoms. The average molecular weight is 936 g/mol. The quantitative estimate of drug-likeness (QED) is 0.158. The molecule has 0 saturated carbocycles. The minimum absolute atomic E-state index is 0. The molecule has 0 amide bonds. The van der Waals surface area contributed by atoms with Crippen LogP contribution >= 0.6 is 94.4 Å². The van der Waals surface area contributed by atoms with Gasteiger partial charge in [-0.25, -0.2) is 0 Å². The van der Waals surface area contributed by atoms with Gasteiger partial charge in [0.25, 0.3) is 0 Å². The van der Waals surface area contributed by atoms with Crippen molar-refractivity contribution in [2.75, 3.05) is 0 Å². The van der Waals surface area contributed by atoms with Crippen molar-refractivity contribution in [3.63, 3.8) is 0 Å². The molecule has 0 nitrogen and oxygen atoms in total. The molecule has 9 heteroatoms. The van der Waals surface area contributed by atoms with Gasteiger partial charge in [0.05, 0.1) is 0 Å². The Morgan fingerprint density at radius 3 is 1.63 bits per heavy atom. The van der Waals surface area contributed by atoms with Crippen LogP contribution < -0.4 is 3.27 Å². The van der Waals surface area contributed by atoms with E-state index in [0.29, 0.717) is 11.1 Å². The first-order chi connectivity index (χ1) is 23.2. The molecular weight excluding hydrogens is 891 g/mol. The molecule has 0 atom stereocenters. The Kier molecular flexibility index (Phi) is 13.7. The zero-order valence-corrected chi connectivity index (χ0v) is 39.2. The van der Waals surface area contributed by atoms with E-state index in [9.17, 15) is 0 Å². The van der Waals surface area contributed by atoms with Crippen molar-refractivity contribution in [2.45, 2.75) is 86.6 Å². The maximum absolute atomic E-state index is 6.54. The van der Waals surface area contributed by atoms with Gasteiger partial charge in [-0.1, -0.05) is 0 Å². The molecule has 4 aromatic rings. The number of allylic oxidation sites excluding steroid dienone is 4. The third-order valence-corrected chi connectivity index (χ3v) is 19.3. The average Bonchev–Trinajstić information content (AvgIpc) is 3.66. The Bertz CT molecular complexity index is 2050. The Balaban J connectivity index is 0.00000302. The van der Waals surface area contributed by atoms with Crippen LogP contribution in [0.2, 0.25) is 0 Å². The summed E-state index contributed by atoms with van der Waals surface area (Å²) >= 11 is 36.0. The normalized spacial score (nSPS) is 13.9. The van der Waals surface area contributed by atoms with Crippen molar-refractivity contribution in [3.8, 4) is 11.1 Å². The van der Waals surface area contributed by atoms with Crippen LogP contribution in [0, 0.1) is 13.8 Å². The summed E-state index contributed by atoms with van der Waals surface area (Å²) in [5, 5.41) is 0. The van der Waals surface area contributed by atoms with Gasteiger partial charge in [0.1, 0.15) is 0 Å². The van der Waals surface area contributed by atoms with Gasteiger partial charge in [-0.3, -0.25) is 0 Å². The molecule has 0 N–H and O–H groups in total. The summed E-state index contributed by atoms with van der Waals surface area (Å²) in [4.78, 5) is 0. The van der Waals surface area contributed by atoms with Gasteiger partial charge in [-0.2, -0.15) is 0 Å². The van der Waals surface area contributed by atoms with E-state index in [0.717, 1.165) is 24.0 Å². The van der Waals surface area contributed by atoms with E-state index in [1.807, 2.05) is 36.4 Å². The number of hydrogen-bond donors (Lipinski definition) is 0. The maximum atomic E-state index is 6.54. The van der Waals surface area contributed by atoms with Gasteiger partial charge in [-0.05, 0) is 0 Å². The van der Waals surface area contributed by atoms with Crippen molar-refractivity contribution in [3.05, 3.63) is 144 Å². The molecule has 0 unspecified atom stereocenters. The summed E-state index contributed by atoms with van der Waals surface area (Å²) in [5.41, 5.74) is 14.4.